The van der Waals surface area contributed by atoms with Gasteiger partial charge in [-0.3, -0.25) is 0 Å². The summed E-state index contributed by atoms with van der Waals surface area (Å²) in [6, 6.07) is 4.33. The van der Waals surface area contributed by atoms with E-state index in [0.717, 1.165) is 0 Å². The molecular formula is C15H22BClFNO3. The molecule has 0 spiro atoms. The fourth-order valence-electron chi connectivity index (χ4n) is 2.08. The predicted molar refractivity (Wildman–Crippen MR) is 85.6 cm³/mol. The van der Waals surface area contributed by atoms with E-state index in [-0.39, 0.29) is 11.0 Å². The minimum Gasteiger partial charge on any atom is -0.493 e. The number of nitrogens with two attached hydrogens (primary N) is 1. The lowest BCUT2D eigenvalue weighted by atomic mass is 9.77. The second-order valence-electron chi connectivity index (χ2n) is 6.50. The van der Waals surface area contributed by atoms with E-state index in [0.29, 0.717) is 18.8 Å². The van der Waals surface area contributed by atoms with Crippen LogP contribution in [0.5, 0.6) is 5.75 Å². The topological polar surface area (TPSA) is 53.7 Å². The zero-order chi connectivity index (χ0) is 16.5. The molecule has 2 rings (SSSR count). The van der Waals surface area contributed by atoms with Crippen LogP contribution < -0.4 is 10.5 Å². The summed E-state index contributed by atoms with van der Waals surface area (Å²) in [5.74, 6) is -0.407. The second kappa shape index (κ2) is 6.36. The SMILES string of the molecule is CC1(C)OB([C@@H](N)CCOc2ccc(Cl)c(F)c2)OC1(C)C. The van der Waals surface area contributed by atoms with Crippen LogP contribution in [0.25, 0.3) is 0 Å². The first-order chi connectivity index (χ1) is 10.1. The molecule has 1 heterocycles. The van der Waals surface area contributed by atoms with Crippen molar-refractivity contribution in [2.75, 3.05) is 6.61 Å². The lowest BCUT2D eigenvalue weighted by Crippen LogP contribution is -2.42. The highest BCUT2D eigenvalue weighted by molar-refractivity contribution is 6.47. The number of rotatable bonds is 5. The number of ether oxygens (including phenoxy) is 1. The molecule has 4 nitrogen and oxygen atoms in total. The van der Waals surface area contributed by atoms with Crippen molar-refractivity contribution < 1.29 is 18.4 Å². The predicted octanol–water partition coefficient (Wildman–Crippen LogP) is 3.21. The quantitative estimate of drug-likeness (QED) is 0.843. The Morgan fingerprint density at radius 2 is 1.86 bits per heavy atom. The van der Waals surface area contributed by atoms with E-state index in [9.17, 15) is 4.39 Å². The number of hydrogen-bond acceptors (Lipinski definition) is 4. The van der Waals surface area contributed by atoms with Crippen molar-refractivity contribution in [1.29, 1.82) is 0 Å². The molecular weight excluding hydrogens is 307 g/mol. The maximum absolute atomic E-state index is 13.3. The molecule has 1 aliphatic heterocycles. The Hall–Kier alpha value is -0.815. The van der Waals surface area contributed by atoms with Crippen molar-refractivity contribution >= 4 is 18.7 Å². The Balaban J connectivity index is 1.83. The van der Waals surface area contributed by atoms with Crippen LogP contribution in [0.4, 0.5) is 4.39 Å². The highest BCUT2D eigenvalue weighted by Crippen LogP contribution is 2.37. The van der Waals surface area contributed by atoms with Crippen LogP contribution in [0.1, 0.15) is 34.1 Å². The summed E-state index contributed by atoms with van der Waals surface area (Å²) in [6.45, 7) is 8.26. The van der Waals surface area contributed by atoms with Crippen molar-refractivity contribution in [2.24, 2.45) is 5.73 Å². The Morgan fingerprint density at radius 1 is 1.27 bits per heavy atom. The van der Waals surface area contributed by atoms with Gasteiger partial charge in [0.1, 0.15) is 11.6 Å². The van der Waals surface area contributed by atoms with Gasteiger partial charge in [-0.25, -0.2) is 4.39 Å². The highest BCUT2D eigenvalue weighted by atomic mass is 35.5. The molecule has 0 aliphatic carbocycles. The molecule has 1 fully saturated rings. The van der Waals surface area contributed by atoms with Crippen molar-refractivity contribution in [2.45, 2.75) is 51.3 Å². The Labute approximate surface area is 136 Å². The van der Waals surface area contributed by atoms with Crippen molar-refractivity contribution in [3.05, 3.63) is 29.0 Å². The molecule has 0 bridgehead atoms. The van der Waals surface area contributed by atoms with Crippen molar-refractivity contribution in [3.8, 4) is 5.75 Å². The Bertz CT molecular complexity index is 526. The van der Waals surface area contributed by atoms with E-state index in [1.165, 1.54) is 12.1 Å². The van der Waals surface area contributed by atoms with Gasteiger partial charge in [0.15, 0.2) is 0 Å². The molecule has 0 amide bonds. The lowest BCUT2D eigenvalue weighted by Gasteiger charge is -2.32. The van der Waals surface area contributed by atoms with Gasteiger partial charge in [-0.05, 0) is 46.2 Å². The van der Waals surface area contributed by atoms with Gasteiger partial charge in [-0.2, -0.15) is 0 Å². The van der Waals surface area contributed by atoms with E-state index < -0.39 is 24.1 Å². The van der Waals surface area contributed by atoms with Crippen molar-refractivity contribution in [1.82, 2.24) is 0 Å². The first-order valence-electron chi connectivity index (χ1n) is 7.31. The van der Waals surface area contributed by atoms with E-state index in [4.69, 9.17) is 31.4 Å². The van der Waals surface area contributed by atoms with Gasteiger partial charge in [0, 0.05) is 12.0 Å². The number of hydrogen-bond donors (Lipinski definition) is 1. The molecule has 122 valence electrons. The molecule has 0 saturated carbocycles. The molecule has 7 heteroatoms. The zero-order valence-electron chi connectivity index (χ0n) is 13.4. The maximum Gasteiger partial charge on any atom is 0.475 e. The zero-order valence-corrected chi connectivity index (χ0v) is 14.1. The van der Waals surface area contributed by atoms with Gasteiger partial charge in [-0.15, -0.1) is 0 Å². The lowest BCUT2D eigenvalue weighted by molar-refractivity contribution is 0.00578. The van der Waals surface area contributed by atoms with E-state index >= 15 is 0 Å². The fourth-order valence-corrected chi connectivity index (χ4v) is 2.20. The standard InChI is InChI=1S/C15H22BClFNO3/c1-14(2)15(3,4)22-16(21-14)13(19)7-8-20-10-5-6-11(17)12(18)9-10/h5-6,9,13H,7-8,19H2,1-4H3/t13-/m0/s1. The number of halogens is 2. The van der Waals surface area contributed by atoms with Gasteiger partial charge < -0.3 is 19.8 Å². The second-order valence-corrected chi connectivity index (χ2v) is 6.91. The molecule has 1 aliphatic rings. The van der Waals surface area contributed by atoms with E-state index in [1.54, 1.807) is 6.07 Å². The maximum atomic E-state index is 13.3. The third-order valence-electron chi connectivity index (χ3n) is 4.23. The molecule has 0 unspecified atom stereocenters. The Morgan fingerprint density at radius 3 is 2.41 bits per heavy atom. The summed E-state index contributed by atoms with van der Waals surface area (Å²) in [7, 11) is -0.476. The molecule has 1 aromatic carbocycles. The summed E-state index contributed by atoms with van der Waals surface area (Å²) in [6.07, 6.45) is 0.529. The number of benzene rings is 1. The molecule has 0 radical (unpaired) electrons. The smallest absolute Gasteiger partial charge is 0.475 e. The molecule has 22 heavy (non-hydrogen) atoms. The minimum absolute atomic E-state index is 0.0706. The third kappa shape index (κ3) is 3.74. The van der Waals surface area contributed by atoms with Crippen LogP contribution in [0.2, 0.25) is 5.02 Å². The van der Waals surface area contributed by atoms with Crippen LogP contribution in [0, 0.1) is 5.82 Å². The minimum atomic E-state index is -0.505. The molecule has 1 atom stereocenters. The largest absolute Gasteiger partial charge is 0.493 e. The van der Waals surface area contributed by atoms with Crippen molar-refractivity contribution in [3.63, 3.8) is 0 Å². The highest BCUT2D eigenvalue weighted by Gasteiger charge is 2.52. The summed E-state index contributed by atoms with van der Waals surface area (Å²) < 4.78 is 30.6. The summed E-state index contributed by atoms with van der Waals surface area (Å²) >= 11 is 5.62. The van der Waals surface area contributed by atoms with Crippen LogP contribution in [0.3, 0.4) is 0 Å². The van der Waals surface area contributed by atoms with Crippen LogP contribution in [-0.2, 0) is 9.31 Å². The Kier molecular flexibility index (Phi) is 5.07. The summed E-state index contributed by atoms with van der Waals surface area (Å²) in [5, 5.41) is 0.0706. The fraction of sp³-hybridized carbons (Fsp3) is 0.600. The van der Waals surface area contributed by atoms with Crippen LogP contribution >= 0.6 is 11.6 Å². The van der Waals surface area contributed by atoms with Gasteiger partial charge in [-0.1, -0.05) is 11.6 Å². The van der Waals surface area contributed by atoms with Crippen LogP contribution in [0.15, 0.2) is 18.2 Å². The average molecular weight is 330 g/mol. The van der Waals surface area contributed by atoms with Gasteiger partial charge in [0.2, 0.25) is 0 Å². The first-order valence-corrected chi connectivity index (χ1v) is 7.69. The molecule has 1 saturated heterocycles. The van der Waals surface area contributed by atoms with E-state index in [1.807, 2.05) is 27.7 Å². The summed E-state index contributed by atoms with van der Waals surface area (Å²) in [4.78, 5) is 0. The molecule has 0 aromatic heterocycles. The molecule has 1 aromatic rings. The molecule has 2 N–H and O–H groups in total. The summed E-state index contributed by atoms with van der Waals surface area (Å²) in [5.41, 5.74) is 5.30. The average Bonchev–Trinajstić information content (AvgIpc) is 2.63. The van der Waals surface area contributed by atoms with E-state index in [2.05, 4.69) is 0 Å². The van der Waals surface area contributed by atoms with Crippen LogP contribution in [-0.4, -0.2) is 30.9 Å². The third-order valence-corrected chi connectivity index (χ3v) is 4.54. The van der Waals surface area contributed by atoms with Gasteiger partial charge in [0.25, 0.3) is 0 Å². The monoisotopic (exact) mass is 329 g/mol. The van der Waals surface area contributed by atoms with Gasteiger partial charge >= 0.3 is 7.12 Å². The van der Waals surface area contributed by atoms with Gasteiger partial charge in [0.05, 0.1) is 22.8 Å². The first kappa shape index (κ1) is 17.5. The normalized spacial score (nSPS) is 21.0.